The molecule has 1 heterocycles. The number of hydrogen-bond acceptors (Lipinski definition) is 3. The molecule has 1 unspecified atom stereocenters. The maximum Gasteiger partial charge on any atom is 0.253 e. The Balaban J connectivity index is 2.14. The van der Waals surface area contributed by atoms with Crippen molar-refractivity contribution in [2.75, 3.05) is 13.1 Å². The molecule has 0 spiro atoms. The van der Waals surface area contributed by atoms with E-state index in [0.717, 1.165) is 0 Å². The lowest BCUT2D eigenvalue weighted by molar-refractivity contribution is -0.121. The number of thiocarbonyl (C=S) groups is 1. The Morgan fingerprint density at radius 1 is 1.26 bits per heavy atom. The molecule has 5 nitrogen and oxygen atoms in total. The summed E-state index contributed by atoms with van der Waals surface area (Å²) in [5, 5.41) is 0. The van der Waals surface area contributed by atoms with E-state index in [1.54, 1.807) is 29.2 Å². The van der Waals surface area contributed by atoms with E-state index >= 15 is 0 Å². The summed E-state index contributed by atoms with van der Waals surface area (Å²) >= 11 is 4.89. The number of likely N-dealkylation sites (tertiary alicyclic amines) is 1. The van der Waals surface area contributed by atoms with Crippen LogP contribution in [0.3, 0.4) is 0 Å². The van der Waals surface area contributed by atoms with Crippen LogP contribution < -0.4 is 11.5 Å². The number of nitrogens with two attached hydrogens (primary N) is 2. The monoisotopic (exact) mass is 277 g/mol. The van der Waals surface area contributed by atoms with E-state index in [0.29, 0.717) is 30.6 Å². The van der Waals surface area contributed by atoms with Crippen molar-refractivity contribution in [2.45, 2.75) is 6.42 Å². The molecule has 1 atom stereocenters. The van der Waals surface area contributed by atoms with Gasteiger partial charge in [0.25, 0.3) is 5.91 Å². The van der Waals surface area contributed by atoms with Gasteiger partial charge < -0.3 is 16.4 Å². The Bertz CT molecular complexity index is 544. The number of rotatable bonds is 3. The van der Waals surface area contributed by atoms with Crippen molar-refractivity contribution in [1.82, 2.24) is 4.90 Å². The Morgan fingerprint density at radius 2 is 1.95 bits per heavy atom. The standard InChI is InChI=1S/C13H15N3O2S/c14-11(17)10-4-5-16(7-10)13(18)9-3-1-2-8(6-9)12(15)19/h1-3,6,10H,4-5,7H2,(H2,14,17)(H2,15,19). The highest BCUT2D eigenvalue weighted by Crippen LogP contribution is 2.18. The smallest absolute Gasteiger partial charge is 0.253 e. The molecular weight excluding hydrogens is 262 g/mol. The molecule has 2 amide bonds. The van der Waals surface area contributed by atoms with Crippen LogP contribution in [0.4, 0.5) is 0 Å². The first-order chi connectivity index (χ1) is 8.99. The molecule has 1 fully saturated rings. The third kappa shape index (κ3) is 2.90. The molecule has 0 radical (unpaired) electrons. The number of primary amides is 1. The molecule has 4 N–H and O–H groups in total. The van der Waals surface area contributed by atoms with Gasteiger partial charge in [-0.1, -0.05) is 24.4 Å². The minimum absolute atomic E-state index is 0.123. The molecule has 1 saturated heterocycles. The van der Waals surface area contributed by atoms with Crippen molar-refractivity contribution in [3.05, 3.63) is 35.4 Å². The highest BCUT2D eigenvalue weighted by atomic mass is 32.1. The van der Waals surface area contributed by atoms with E-state index in [2.05, 4.69) is 0 Å². The average molecular weight is 277 g/mol. The van der Waals surface area contributed by atoms with Crippen molar-refractivity contribution in [1.29, 1.82) is 0 Å². The zero-order chi connectivity index (χ0) is 14.0. The summed E-state index contributed by atoms with van der Waals surface area (Å²) in [6, 6.07) is 6.88. The Kier molecular flexibility index (Phi) is 3.80. The van der Waals surface area contributed by atoms with Gasteiger partial charge in [-0.05, 0) is 18.6 Å². The van der Waals surface area contributed by atoms with Crippen LogP contribution in [0, 0.1) is 5.92 Å². The van der Waals surface area contributed by atoms with E-state index in [1.807, 2.05) is 0 Å². The largest absolute Gasteiger partial charge is 0.389 e. The van der Waals surface area contributed by atoms with Gasteiger partial charge in [0.1, 0.15) is 4.99 Å². The molecule has 6 heteroatoms. The third-order valence-corrected chi connectivity index (χ3v) is 3.51. The second-order valence-electron chi connectivity index (χ2n) is 4.58. The number of hydrogen-bond donors (Lipinski definition) is 2. The highest BCUT2D eigenvalue weighted by molar-refractivity contribution is 7.80. The zero-order valence-corrected chi connectivity index (χ0v) is 11.2. The normalized spacial score (nSPS) is 18.3. The summed E-state index contributed by atoms with van der Waals surface area (Å²) in [5.41, 5.74) is 12.0. The van der Waals surface area contributed by atoms with Gasteiger partial charge in [-0.2, -0.15) is 0 Å². The number of carbonyl (C=O) groups is 2. The minimum atomic E-state index is -0.354. The van der Waals surface area contributed by atoms with E-state index in [9.17, 15) is 9.59 Å². The van der Waals surface area contributed by atoms with Crippen LogP contribution in [-0.4, -0.2) is 34.8 Å². The quantitative estimate of drug-likeness (QED) is 0.776. The summed E-state index contributed by atoms with van der Waals surface area (Å²) in [4.78, 5) is 25.3. The number of carbonyl (C=O) groups excluding carboxylic acids is 2. The lowest BCUT2D eigenvalue weighted by Crippen LogP contribution is -2.31. The molecule has 0 aliphatic carbocycles. The van der Waals surface area contributed by atoms with E-state index in [-0.39, 0.29) is 22.7 Å². The number of nitrogens with zero attached hydrogens (tertiary/aromatic N) is 1. The Labute approximate surface area is 116 Å². The summed E-state index contributed by atoms with van der Waals surface area (Å²) < 4.78 is 0. The average Bonchev–Trinajstić information content (AvgIpc) is 2.87. The van der Waals surface area contributed by atoms with Crippen LogP contribution in [0.5, 0.6) is 0 Å². The van der Waals surface area contributed by atoms with E-state index in [4.69, 9.17) is 23.7 Å². The topological polar surface area (TPSA) is 89.4 Å². The molecule has 100 valence electrons. The van der Waals surface area contributed by atoms with E-state index < -0.39 is 0 Å². The first-order valence-electron chi connectivity index (χ1n) is 5.97. The SMILES string of the molecule is NC(=O)C1CCN(C(=O)c2cccc(C(N)=S)c2)C1. The first-order valence-corrected chi connectivity index (χ1v) is 6.38. The van der Waals surface area contributed by atoms with Crippen molar-refractivity contribution >= 4 is 29.0 Å². The van der Waals surface area contributed by atoms with Gasteiger partial charge in [0.05, 0.1) is 5.92 Å². The number of amides is 2. The van der Waals surface area contributed by atoms with Gasteiger partial charge in [0.15, 0.2) is 0 Å². The lowest BCUT2D eigenvalue weighted by Gasteiger charge is -2.16. The maximum absolute atomic E-state index is 12.3. The second kappa shape index (κ2) is 5.36. The minimum Gasteiger partial charge on any atom is -0.389 e. The van der Waals surface area contributed by atoms with Crippen LogP contribution in [0.25, 0.3) is 0 Å². The predicted octanol–water partition coefficient (Wildman–Crippen LogP) is 0.268. The highest BCUT2D eigenvalue weighted by Gasteiger charge is 2.30. The van der Waals surface area contributed by atoms with Gasteiger partial charge in [-0.15, -0.1) is 0 Å². The molecule has 0 saturated carbocycles. The zero-order valence-electron chi connectivity index (χ0n) is 10.3. The van der Waals surface area contributed by atoms with E-state index in [1.165, 1.54) is 0 Å². The van der Waals surface area contributed by atoms with Gasteiger partial charge in [0, 0.05) is 24.2 Å². The molecule has 1 aromatic rings. The maximum atomic E-state index is 12.3. The van der Waals surface area contributed by atoms with Crippen molar-refractivity contribution in [3.8, 4) is 0 Å². The summed E-state index contributed by atoms with van der Waals surface area (Å²) in [5.74, 6) is -0.725. The molecule has 1 aromatic carbocycles. The third-order valence-electron chi connectivity index (χ3n) is 3.27. The van der Waals surface area contributed by atoms with Crippen molar-refractivity contribution < 1.29 is 9.59 Å². The van der Waals surface area contributed by atoms with Gasteiger partial charge in [-0.25, -0.2) is 0 Å². The fourth-order valence-corrected chi connectivity index (χ4v) is 2.29. The molecule has 0 aromatic heterocycles. The van der Waals surface area contributed by atoms with Crippen LogP contribution in [-0.2, 0) is 4.79 Å². The fourth-order valence-electron chi connectivity index (χ4n) is 2.17. The summed E-state index contributed by atoms with van der Waals surface area (Å²) in [6.07, 6.45) is 0.621. The predicted molar refractivity (Wildman–Crippen MR) is 75.5 cm³/mol. The Morgan fingerprint density at radius 3 is 2.53 bits per heavy atom. The van der Waals surface area contributed by atoms with Gasteiger partial charge in [0.2, 0.25) is 5.91 Å². The van der Waals surface area contributed by atoms with Crippen LogP contribution >= 0.6 is 12.2 Å². The fraction of sp³-hybridized carbons (Fsp3) is 0.308. The number of benzene rings is 1. The molecule has 1 aliphatic heterocycles. The summed E-state index contributed by atoms with van der Waals surface area (Å²) in [6.45, 7) is 0.926. The van der Waals surface area contributed by atoms with Gasteiger partial charge in [-0.3, -0.25) is 9.59 Å². The summed E-state index contributed by atoms with van der Waals surface area (Å²) in [7, 11) is 0. The molecular formula is C13H15N3O2S. The molecule has 1 aliphatic rings. The van der Waals surface area contributed by atoms with Crippen molar-refractivity contribution in [3.63, 3.8) is 0 Å². The second-order valence-corrected chi connectivity index (χ2v) is 5.02. The lowest BCUT2D eigenvalue weighted by atomic mass is 10.1. The van der Waals surface area contributed by atoms with Crippen molar-refractivity contribution in [2.24, 2.45) is 17.4 Å². The van der Waals surface area contributed by atoms with Crippen LogP contribution in [0.15, 0.2) is 24.3 Å². The van der Waals surface area contributed by atoms with Crippen LogP contribution in [0.2, 0.25) is 0 Å². The Hall–Kier alpha value is -1.95. The van der Waals surface area contributed by atoms with Crippen LogP contribution in [0.1, 0.15) is 22.3 Å². The van der Waals surface area contributed by atoms with Gasteiger partial charge >= 0.3 is 0 Å². The molecule has 19 heavy (non-hydrogen) atoms. The first kappa shape index (κ1) is 13.5. The molecule has 2 rings (SSSR count). The molecule has 0 bridgehead atoms.